The number of rotatable bonds is 9. The van der Waals surface area contributed by atoms with E-state index < -0.39 is 64.5 Å². The number of fused-ring (bicyclic) bond motifs is 1. The van der Waals surface area contributed by atoms with Crippen LogP contribution in [-0.4, -0.2) is 76.0 Å². The number of benzene rings is 1. The Kier molecular flexibility index (Phi) is 13.3. The molecule has 5 N–H and O–H groups in total. The molecule has 2 fully saturated rings. The van der Waals surface area contributed by atoms with E-state index >= 15 is 0 Å². The first-order valence-corrected chi connectivity index (χ1v) is 18.0. The lowest BCUT2D eigenvalue weighted by Crippen LogP contribution is -2.62. The van der Waals surface area contributed by atoms with Crippen LogP contribution in [0.1, 0.15) is 106 Å². The van der Waals surface area contributed by atoms with Gasteiger partial charge in [0.2, 0.25) is 23.5 Å². The van der Waals surface area contributed by atoms with Crippen LogP contribution in [0.2, 0.25) is 0 Å². The Balaban J connectivity index is 0.00000124. The molecule has 50 heavy (non-hydrogen) atoms. The van der Waals surface area contributed by atoms with Crippen molar-refractivity contribution in [2.45, 2.75) is 132 Å². The maximum Gasteiger partial charge on any atom is 0.316 e. The van der Waals surface area contributed by atoms with Gasteiger partial charge in [-0.3, -0.25) is 24.0 Å². The van der Waals surface area contributed by atoms with Gasteiger partial charge >= 0.3 is 6.03 Å². The highest BCUT2D eigenvalue weighted by molar-refractivity contribution is 6.37. The number of primary amides is 1. The summed E-state index contributed by atoms with van der Waals surface area (Å²) in [4.78, 5) is 81.4. The molecule has 6 amide bonds. The molecular formula is C38H60N6O6. The van der Waals surface area contributed by atoms with Crippen molar-refractivity contribution in [3.63, 3.8) is 0 Å². The molecule has 4 unspecified atom stereocenters. The van der Waals surface area contributed by atoms with Crippen LogP contribution in [-0.2, 0) is 37.1 Å². The smallest absolute Gasteiger partial charge is 0.316 e. The molecule has 0 spiro atoms. The van der Waals surface area contributed by atoms with E-state index in [4.69, 9.17) is 5.73 Å². The Morgan fingerprint density at radius 2 is 1.28 bits per heavy atom. The molecule has 1 aromatic carbocycles. The van der Waals surface area contributed by atoms with Crippen LogP contribution in [0.4, 0.5) is 4.79 Å². The van der Waals surface area contributed by atoms with Crippen molar-refractivity contribution in [2.75, 3.05) is 6.54 Å². The SMILES string of the molecule is CC(NC(=O)C1C[C@@H](C(C)C)CN1C(=O)C(NC(=O)NC(C(=O)N1Cc2ccccc2C1)C(C)(C)C)C(C)(C)C)C(=O)C(N)=O.CC1CCC1. The summed E-state index contributed by atoms with van der Waals surface area (Å²) in [5.74, 6) is -2.13. The Morgan fingerprint density at radius 3 is 1.68 bits per heavy atom. The van der Waals surface area contributed by atoms with Crippen LogP contribution in [0.25, 0.3) is 0 Å². The van der Waals surface area contributed by atoms with Crippen LogP contribution < -0.4 is 21.7 Å². The average Bonchev–Trinajstić information content (AvgIpc) is 3.65. The summed E-state index contributed by atoms with van der Waals surface area (Å²) in [6.45, 7) is 19.9. The van der Waals surface area contributed by atoms with Gasteiger partial charge in [-0.05, 0) is 53.1 Å². The topological polar surface area (TPSA) is 171 Å². The maximum atomic E-state index is 14.2. The minimum atomic E-state index is -1.16. The number of nitrogens with one attached hydrogen (secondary N) is 3. The fraction of sp³-hybridized carbons (Fsp3) is 0.684. The molecule has 1 aromatic rings. The van der Waals surface area contributed by atoms with Gasteiger partial charge in [-0.1, -0.05) is 106 Å². The van der Waals surface area contributed by atoms with Gasteiger partial charge in [0.15, 0.2) is 0 Å². The summed E-state index contributed by atoms with van der Waals surface area (Å²) in [6, 6.07) is 3.18. The first-order valence-electron chi connectivity index (χ1n) is 18.0. The Hall–Kier alpha value is -3.96. The van der Waals surface area contributed by atoms with Crippen LogP contribution in [0.3, 0.4) is 0 Å². The summed E-state index contributed by atoms with van der Waals surface area (Å²) in [7, 11) is 0. The van der Waals surface area contributed by atoms with Crippen molar-refractivity contribution in [3.8, 4) is 0 Å². The van der Waals surface area contributed by atoms with Crippen molar-refractivity contribution < 1.29 is 28.8 Å². The molecule has 278 valence electrons. The number of nitrogens with zero attached hydrogens (tertiary/aromatic N) is 2. The van der Waals surface area contributed by atoms with Gasteiger partial charge in [0.1, 0.15) is 18.1 Å². The molecule has 5 atom stereocenters. The fourth-order valence-corrected chi connectivity index (χ4v) is 6.48. The second-order valence-electron chi connectivity index (χ2n) is 16.9. The second-order valence-corrected chi connectivity index (χ2v) is 16.9. The zero-order valence-corrected chi connectivity index (χ0v) is 31.7. The van der Waals surface area contributed by atoms with Crippen LogP contribution in [0.15, 0.2) is 24.3 Å². The van der Waals surface area contributed by atoms with E-state index in [0.717, 1.165) is 17.0 Å². The minimum Gasteiger partial charge on any atom is -0.363 e. The second kappa shape index (κ2) is 16.4. The number of hydrogen-bond donors (Lipinski definition) is 4. The van der Waals surface area contributed by atoms with Crippen molar-refractivity contribution >= 4 is 35.4 Å². The number of urea groups is 1. The number of ketones is 1. The Morgan fingerprint density at radius 1 is 0.800 bits per heavy atom. The van der Waals surface area contributed by atoms with E-state index in [9.17, 15) is 28.8 Å². The van der Waals surface area contributed by atoms with E-state index in [-0.39, 0.29) is 24.3 Å². The third-order valence-corrected chi connectivity index (χ3v) is 10.2. The number of amides is 6. The molecule has 4 rings (SSSR count). The zero-order chi connectivity index (χ0) is 37.7. The third kappa shape index (κ3) is 10.3. The molecule has 2 heterocycles. The van der Waals surface area contributed by atoms with E-state index in [0.29, 0.717) is 19.5 Å². The highest BCUT2D eigenvalue weighted by Crippen LogP contribution is 2.33. The third-order valence-electron chi connectivity index (χ3n) is 10.2. The highest BCUT2D eigenvalue weighted by Gasteiger charge is 2.46. The molecule has 1 saturated carbocycles. The standard InChI is InChI=1S/C33H50N6O6.C5H10/c1-18(2)22-14-23(28(42)35-19(3)24(40)27(34)41)39(17-22)30(44)26(33(7,8)9)37-31(45)36-25(32(4,5)6)29(43)38-15-20-12-10-11-13-21(20)16-38;1-5-3-2-4-5/h10-13,18-19,22-23,25-26H,14-17H2,1-9H3,(H2,34,41)(H,35,42)(H2,36,37,45);5H,2-4H2,1H3/t19?,22-,23?,25?,26?;/m1./s1. The number of carbonyl (C=O) groups excluding carboxylic acids is 6. The molecule has 3 aliphatic rings. The highest BCUT2D eigenvalue weighted by atomic mass is 16.2. The molecule has 0 aromatic heterocycles. The van der Waals surface area contributed by atoms with Gasteiger partial charge in [0.25, 0.3) is 5.91 Å². The normalized spacial score (nSPS) is 20.8. The lowest BCUT2D eigenvalue weighted by Gasteiger charge is -2.37. The molecule has 1 saturated heterocycles. The van der Waals surface area contributed by atoms with Crippen LogP contribution >= 0.6 is 0 Å². The summed E-state index contributed by atoms with van der Waals surface area (Å²) in [5.41, 5.74) is 5.84. The first kappa shape index (κ1) is 40.5. The summed E-state index contributed by atoms with van der Waals surface area (Å²) >= 11 is 0. The van der Waals surface area contributed by atoms with Gasteiger partial charge < -0.3 is 31.5 Å². The summed E-state index contributed by atoms with van der Waals surface area (Å²) in [5, 5.41) is 8.19. The van der Waals surface area contributed by atoms with Gasteiger partial charge in [0, 0.05) is 19.6 Å². The van der Waals surface area contributed by atoms with Crippen molar-refractivity contribution in [1.82, 2.24) is 25.8 Å². The predicted octanol–water partition coefficient (Wildman–Crippen LogP) is 3.90. The first-order chi connectivity index (χ1) is 23.1. The van der Waals surface area contributed by atoms with Crippen molar-refractivity contribution in [3.05, 3.63) is 35.4 Å². The van der Waals surface area contributed by atoms with Crippen LogP contribution in [0, 0.1) is 28.6 Å². The van der Waals surface area contributed by atoms with Crippen molar-refractivity contribution in [2.24, 2.45) is 34.3 Å². The molecule has 2 aliphatic heterocycles. The van der Waals surface area contributed by atoms with Gasteiger partial charge in [-0.15, -0.1) is 0 Å². The monoisotopic (exact) mass is 696 g/mol. The average molecular weight is 697 g/mol. The lowest BCUT2D eigenvalue weighted by atomic mass is 9.85. The van der Waals surface area contributed by atoms with E-state index in [1.54, 1.807) is 4.90 Å². The number of Topliss-reactive ketones (excluding diaryl/α,β-unsaturated/α-hetero) is 1. The van der Waals surface area contributed by atoms with Crippen molar-refractivity contribution in [1.29, 1.82) is 0 Å². The molecule has 12 nitrogen and oxygen atoms in total. The number of carbonyl (C=O) groups is 6. The van der Waals surface area contributed by atoms with Gasteiger partial charge in [-0.25, -0.2) is 4.79 Å². The quantitative estimate of drug-likeness (QED) is 0.286. The Labute approximate surface area is 298 Å². The molecule has 12 heteroatoms. The van der Waals surface area contributed by atoms with Gasteiger partial charge in [0.05, 0.1) is 6.04 Å². The predicted molar refractivity (Wildman–Crippen MR) is 192 cm³/mol. The fourth-order valence-electron chi connectivity index (χ4n) is 6.48. The molecule has 1 aliphatic carbocycles. The summed E-state index contributed by atoms with van der Waals surface area (Å²) in [6.07, 6.45) is 4.82. The number of likely N-dealkylation sites (tertiary alicyclic amines) is 1. The number of hydrogen-bond acceptors (Lipinski definition) is 6. The Bertz CT molecular complexity index is 1400. The van der Waals surface area contributed by atoms with E-state index in [2.05, 4.69) is 22.9 Å². The summed E-state index contributed by atoms with van der Waals surface area (Å²) < 4.78 is 0. The van der Waals surface area contributed by atoms with E-state index in [1.807, 2.05) is 79.7 Å². The molecule has 0 bridgehead atoms. The molecule has 0 radical (unpaired) electrons. The van der Waals surface area contributed by atoms with Gasteiger partial charge in [-0.2, -0.15) is 0 Å². The zero-order valence-electron chi connectivity index (χ0n) is 31.7. The lowest BCUT2D eigenvalue weighted by molar-refractivity contribution is -0.143. The molecular weight excluding hydrogens is 636 g/mol. The van der Waals surface area contributed by atoms with E-state index in [1.165, 1.54) is 31.1 Å². The minimum absolute atomic E-state index is 0.00577. The van der Waals surface area contributed by atoms with Crippen LogP contribution in [0.5, 0.6) is 0 Å². The maximum absolute atomic E-state index is 14.2. The largest absolute Gasteiger partial charge is 0.363 e. The number of nitrogens with two attached hydrogens (primary N) is 1.